The molecule has 0 aliphatic carbocycles. The highest BCUT2D eigenvalue weighted by Gasteiger charge is 2.12. The molecule has 0 aromatic heterocycles. The minimum atomic E-state index is 0.477. The largest absolute Gasteiger partial charge is 0.329 e. The van der Waals surface area contributed by atoms with Gasteiger partial charge in [0.15, 0.2) is 0 Å². The molecule has 1 unspecified atom stereocenters. The van der Waals surface area contributed by atoms with E-state index in [9.17, 15) is 0 Å². The van der Waals surface area contributed by atoms with E-state index in [1.54, 1.807) is 0 Å². The molecule has 96 valence electrons. The van der Waals surface area contributed by atoms with Gasteiger partial charge < -0.3 is 5.73 Å². The first kappa shape index (κ1) is 14.5. The van der Waals surface area contributed by atoms with Crippen molar-refractivity contribution < 1.29 is 0 Å². The zero-order valence-electron chi connectivity index (χ0n) is 10.8. The Bertz CT molecular complexity index is 311. The summed E-state index contributed by atoms with van der Waals surface area (Å²) in [5.41, 5.74) is 7.11. The Morgan fingerprint density at radius 1 is 1.29 bits per heavy atom. The molecule has 3 heteroatoms. The normalized spacial score (nSPS) is 13.0. The maximum absolute atomic E-state index is 5.87. The molecule has 0 aliphatic heterocycles. The summed E-state index contributed by atoms with van der Waals surface area (Å²) in [5, 5.41) is 0.790. The summed E-state index contributed by atoms with van der Waals surface area (Å²) in [6.07, 6.45) is 3.65. The maximum Gasteiger partial charge on any atom is 0.0406 e. The van der Waals surface area contributed by atoms with E-state index < -0.39 is 0 Å². The first-order chi connectivity index (χ1) is 8.17. The van der Waals surface area contributed by atoms with Crippen molar-refractivity contribution in [3.8, 4) is 0 Å². The molecule has 1 atom stereocenters. The van der Waals surface area contributed by atoms with Crippen LogP contribution in [0, 0.1) is 0 Å². The fourth-order valence-corrected chi connectivity index (χ4v) is 2.09. The Morgan fingerprint density at radius 2 is 1.94 bits per heavy atom. The summed E-state index contributed by atoms with van der Waals surface area (Å²) in [5.74, 6) is 0. The lowest BCUT2D eigenvalue weighted by molar-refractivity contribution is 0.223. The van der Waals surface area contributed by atoms with Crippen molar-refractivity contribution in [2.75, 3.05) is 13.6 Å². The van der Waals surface area contributed by atoms with Gasteiger partial charge in [0, 0.05) is 24.2 Å². The number of unbranched alkanes of at least 4 members (excludes halogenated alkanes) is 1. The molecular weight excluding hydrogens is 232 g/mol. The van der Waals surface area contributed by atoms with E-state index in [2.05, 4.69) is 31.0 Å². The minimum Gasteiger partial charge on any atom is -0.329 e. The Kier molecular flexibility index (Phi) is 6.56. The van der Waals surface area contributed by atoms with Crippen molar-refractivity contribution in [1.82, 2.24) is 4.90 Å². The van der Waals surface area contributed by atoms with Crippen LogP contribution >= 0.6 is 11.6 Å². The number of rotatable bonds is 7. The molecule has 0 bridgehead atoms. The predicted octanol–water partition coefficient (Wildman–Crippen LogP) is 3.29. The SMILES string of the molecule is CCCCC(CN)N(C)Cc1ccc(Cl)cc1. The van der Waals surface area contributed by atoms with Gasteiger partial charge in [-0.1, -0.05) is 43.5 Å². The molecule has 0 heterocycles. The fraction of sp³-hybridized carbons (Fsp3) is 0.571. The molecule has 0 spiro atoms. The number of likely N-dealkylation sites (N-methyl/N-ethyl adjacent to an activating group) is 1. The average molecular weight is 255 g/mol. The van der Waals surface area contributed by atoms with Crippen molar-refractivity contribution in [3.63, 3.8) is 0 Å². The molecule has 0 radical (unpaired) electrons. The Morgan fingerprint density at radius 3 is 2.47 bits per heavy atom. The van der Waals surface area contributed by atoms with Gasteiger partial charge in [-0.2, -0.15) is 0 Å². The van der Waals surface area contributed by atoms with Gasteiger partial charge in [-0.15, -0.1) is 0 Å². The van der Waals surface area contributed by atoms with Crippen LogP contribution in [0.25, 0.3) is 0 Å². The van der Waals surface area contributed by atoms with Gasteiger partial charge in [0.05, 0.1) is 0 Å². The van der Waals surface area contributed by atoms with Crippen molar-refractivity contribution in [2.45, 2.75) is 38.8 Å². The van der Waals surface area contributed by atoms with Crippen LogP contribution in [-0.2, 0) is 6.54 Å². The number of nitrogens with two attached hydrogens (primary N) is 1. The third-order valence-corrected chi connectivity index (χ3v) is 3.38. The van der Waals surface area contributed by atoms with Crippen LogP contribution < -0.4 is 5.73 Å². The first-order valence-corrected chi connectivity index (χ1v) is 6.70. The topological polar surface area (TPSA) is 29.3 Å². The van der Waals surface area contributed by atoms with E-state index in [-0.39, 0.29) is 0 Å². The molecule has 0 amide bonds. The molecular formula is C14H23ClN2. The Labute approximate surface area is 110 Å². The lowest BCUT2D eigenvalue weighted by atomic mass is 10.1. The van der Waals surface area contributed by atoms with Crippen molar-refractivity contribution >= 4 is 11.6 Å². The maximum atomic E-state index is 5.87. The van der Waals surface area contributed by atoms with Gasteiger partial charge in [0.1, 0.15) is 0 Å². The van der Waals surface area contributed by atoms with E-state index in [0.29, 0.717) is 6.04 Å². The highest BCUT2D eigenvalue weighted by atomic mass is 35.5. The summed E-state index contributed by atoms with van der Waals surface area (Å²) in [4.78, 5) is 2.33. The van der Waals surface area contributed by atoms with E-state index in [1.165, 1.54) is 24.8 Å². The molecule has 1 aromatic carbocycles. The Hall–Kier alpha value is -0.570. The first-order valence-electron chi connectivity index (χ1n) is 6.32. The molecule has 1 rings (SSSR count). The molecule has 0 aliphatic rings. The summed E-state index contributed by atoms with van der Waals surface area (Å²) in [6.45, 7) is 3.87. The standard InChI is InChI=1S/C14H23ClN2/c1-3-4-5-14(10-16)17(2)11-12-6-8-13(15)9-7-12/h6-9,14H,3-5,10-11,16H2,1-2H3. The molecule has 0 saturated heterocycles. The summed E-state index contributed by atoms with van der Waals surface area (Å²) < 4.78 is 0. The van der Waals surface area contributed by atoms with Gasteiger partial charge in [-0.05, 0) is 31.2 Å². The zero-order chi connectivity index (χ0) is 12.7. The number of benzene rings is 1. The van der Waals surface area contributed by atoms with Crippen LogP contribution in [0.1, 0.15) is 31.7 Å². The number of nitrogens with zero attached hydrogens (tertiary/aromatic N) is 1. The molecule has 1 aromatic rings. The van der Waals surface area contributed by atoms with Gasteiger partial charge >= 0.3 is 0 Å². The third-order valence-electron chi connectivity index (χ3n) is 3.13. The van der Waals surface area contributed by atoms with Gasteiger partial charge in [-0.3, -0.25) is 4.90 Å². The number of hydrogen-bond acceptors (Lipinski definition) is 2. The van der Waals surface area contributed by atoms with Crippen LogP contribution in [0.3, 0.4) is 0 Å². The van der Waals surface area contributed by atoms with Crippen LogP contribution in [0.5, 0.6) is 0 Å². The zero-order valence-corrected chi connectivity index (χ0v) is 11.6. The number of hydrogen-bond donors (Lipinski definition) is 1. The van der Waals surface area contributed by atoms with E-state index in [1.807, 2.05) is 12.1 Å². The lowest BCUT2D eigenvalue weighted by Crippen LogP contribution is -2.37. The van der Waals surface area contributed by atoms with Gasteiger partial charge in [-0.25, -0.2) is 0 Å². The monoisotopic (exact) mass is 254 g/mol. The fourth-order valence-electron chi connectivity index (χ4n) is 1.96. The molecule has 0 saturated carbocycles. The minimum absolute atomic E-state index is 0.477. The summed E-state index contributed by atoms with van der Waals surface area (Å²) in [7, 11) is 2.14. The van der Waals surface area contributed by atoms with Crippen LogP contribution in [0.15, 0.2) is 24.3 Å². The van der Waals surface area contributed by atoms with Crippen molar-refractivity contribution in [1.29, 1.82) is 0 Å². The second-order valence-electron chi connectivity index (χ2n) is 4.57. The van der Waals surface area contributed by atoms with Gasteiger partial charge in [0.25, 0.3) is 0 Å². The Balaban J connectivity index is 2.51. The number of halogens is 1. The molecule has 2 N–H and O–H groups in total. The highest BCUT2D eigenvalue weighted by Crippen LogP contribution is 2.13. The molecule has 0 fully saturated rings. The summed E-state index contributed by atoms with van der Waals surface area (Å²) in [6, 6.07) is 8.51. The second kappa shape index (κ2) is 7.70. The van der Waals surface area contributed by atoms with Gasteiger partial charge in [0.2, 0.25) is 0 Å². The van der Waals surface area contributed by atoms with E-state index >= 15 is 0 Å². The quantitative estimate of drug-likeness (QED) is 0.809. The van der Waals surface area contributed by atoms with E-state index in [4.69, 9.17) is 17.3 Å². The smallest absolute Gasteiger partial charge is 0.0406 e. The predicted molar refractivity (Wildman–Crippen MR) is 75.3 cm³/mol. The van der Waals surface area contributed by atoms with Crippen molar-refractivity contribution in [3.05, 3.63) is 34.9 Å². The highest BCUT2D eigenvalue weighted by molar-refractivity contribution is 6.30. The van der Waals surface area contributed by atoms with Crippen LogP contribution in [0.2, 0.25) is 5.02 Å². The summed E-state index contributed by atoms with van der Waals surface area (Å²) >= 11 is 5.87. The lowest BCUT2D eigenvalue weighted by Gasteiger charge is -2.27. The van der Waals surface area contributed by atoms with E-state index in [0.717, 1.165) is 18.1 Å². The van der Waals surface area contributed by atoms with Crippen LogP contribution in [0.4, 0.5) is 0 Å². The van der Waals surface area contributed by atoms with Crippen LogP contribution in [-0.4, -0.2) is 24.5 Å². The van der Waals surface area contributed by atoms with Crippen molar-refractivity contribution in [2.24, 2.45) is 5.73 Å². The third kappa shape index (κ3) is 5.07. The molecule has 17 heavy (non-hydrogen) atoms. The second-order valence-corrected chi connectivity index (χ2v) is 5.01. The molecule has 2 nitrogen and oxygen atoms in total. The average Bonchev–Trinajstić information content (AvgIpc) is 2.33.